The van der Waals surface area contributed by atoms with Gasteiger partial charge in [-0.1, -0.05) is 41.7 Å². The van der Waals surface area contributed by atoms with Gasteiger partial charge in [-0.2, -0.15) is 0 Å². The molecule has 0 saturated heterocycles. The van der Waals surface area contributed by atoms with E-state index in [1.165, 1.54) is 0 Å². The average molecular weight is 319 g/mol. The third-order valence-electron chi connectivity index (χ3n) is 3.02. The molecule has 21 heavy (non-hydrogen) atoms. The van der Waals surface area contributed by atoms with Crippen molar-refractivity contribution in [3.05, 3.63) is 48.2 Å². The smallest absolute Gasteiger partial charge is 0.273 e. The quantitative estimate of drug-likeness (QED) is 0.777. The number of anilines is 2. The van der Waals surface area contributed by atoms with Gasteiger partial charge in [-0.15, -0.1) is 0 Å². The van der Waals surface area contributed by atoms with Gasteiger partial charge in [0.1, 0.15) is 0 Å². The third kappa shape index (κ3) is 2.70. The second-order valence-corrected chi connectivity index (χ2v) is 7.50. The van der Waals surface area contributed by atoms with Crippen LogP contribution in [0.15, 0.2) is 46.7 Å². The Bertz CT molecular complexity index is 917. The lowest BCUT2D eigenvalue weighted by molar-refractivity contribution is 0.602. The number of nitrogens with two attached hydrogens (primary N) is 1. The number of fused-ring (bicyclic) bond motifs is 1. The van der Waals surface area contributed by atoms with Crippen LogP contribution in [-0.2, 0) is 10.0 Å². The molecule has 5 nitrogen and oxygen atoms in total. The SMILES string of the molecule is Cc1nc(N)sc1S(=O)(=O)Nc1ccc2ccccc2c1. The normalized spacial score (nSPS) is 11.7. The zero-order valence-electron chi connectivity index (χ0n) is 11.2. The van der Waals surface area contributed by atoms with Crippen LogP contribution in [0.1, 0.15) is 5.69 Å². The van der Waals surface area contributed by atoms with Crippen molar-refractivity contribution >= 4 is 43.0 Å². The maximum atomic E-state index is 12.4. The van der Waals surface area contributed by atoms with Gasteiger partial charge >= 0.3 is 0 Å². The van der Waals surface area contributed by atoms with Gasteiger partial charge in [0.25, 0.3) is 10.0 Å². The van der Waals surface area contributed by atoms with Crippen molar-refractivity contribution in [2.45, 2.75) is 11.1 Å². The van der Waals surface area contributed by atoms with Crippen LogP contribution >= 0.6 is 11.3 Å². The first-order chi connectivity index (χ1) is 9.95. The number of benzene rings is 2. The van der Waals surface area contributed by atoms with Gasteiger partial charge in [0.2, 0.25) is 0 Å². The van der Waals surface area contributed by atoms with E-state index in [9.17, 15) is 8.42 Å². The standard InChI is InChI=1S/C14H13N3O2S2/c1-9-13(20-14(15)16-9)21(18,19)17-12-7-6-10-4-2-3-5-11(10)8-12/h2-8,17H,1H3,(H2,15,16). The lowest BCUT2D eigenvalue weighted by atomic mass is 10.1. The third-order valence-corrected chi connectivity index (χ3v) is 5.99. The molecule has 0 aliphatic rings. The molecule has 0 fully saturated rings. The molecule has 7 heteroatoms. The summed E-state index contributed by atoms with van der Waals surface area (Å²) in [5, 5.41) is 2.27. The van der Waals surface area contributed by atoms with Crippen LogP contribution in [0.3, 0.4) is 0 Å². The van der Waals surface area contributed by atoms with E-state index in [0.717, 1.165) is 22.1 Å². The van der Waals surface area contributed by atoms with E-state index in [2.05, 4.69) is 9.71 Å². The molecule has 1 heterocycles. The summed E-state index contributed by atoms with van der Waals surface area (Å²) in [5.41, 5.74) is 6.48. The number of nitrogens with one attached hydrogen (secondary N) is 1. The summed E-state index contributed by atoms with van der Waals surface area (Å²) in [5.74, 6) is 0. The van der Waals surface area contributed by atoms with Gasteiger partial charge < -0.3 is 5.73 Å². The monoisotopic (exact) mass is 319 g/mol. The molecule has 0 aliphatic carbocycles. The van der Waals surface area contributed by atoms with E-state index in [4.69, 9.17) is 5.73 Å². The van der Waals surface area contributed by atoms with Crippen molar-refractivity contribution in [2.24, 2.45) is 0 Å². The summed E-state index contributed by atoms with van der Waals surface area (Å²) in [7, 11) is -3.67. The van der Waals surface area contributed by atoms with Crippen LogP contribution in [0, 0.1) is 6.92 Å². The van der Waals surface area contributed by atoms with E-state index in [1.54, 1.807) is 19.1 Å². The van der Waals surface area contributed by atoms with E-state index >= 15 is 0 Å². The van der Waals surface area contributed by atoms with Crippen molar-refractivity contribution in [1.82, 2.24) is 4.98 Å². The molecule has 2 aromatic carbocycles. The number of nitrogen functional groups attached to an aromatic ring is 1. The van der Waals surface area contributed by atoms with E-state index in [-0.39, 0.29) is 9.34 Å². The number of hydrogen-bond acceptors (Lipinski definition) is 5. The number of aryl methyl sites for hydroxylation is 1. The Morgan fingerprint density at radius 3 is 2.52 bits per heavy atom. The fourth-order valence-corrected chi connectivity index (χ4v) is 4.46. The van der Waals surface area contributed by atoms with Crippen LogP contribution in [0.25, 0.3) is 10.8 Å². The summed E-state index contributed by atoms with van der Waals surface area (Å²) < 4.78 is 27.5. The van der Waals surface area contributed by atoms with Crippen molar-refractivity contribution < 1.29 is 8.42 Å². The Kier molecular flexibility index (Phi) is 3.30. The molecule has 108 valence electrons. The largest absolute Gasteiger partial charge is 0.375 e. The molecule has 0 atom stereocenters. The predicted molar refractivity (Wildman–Crippen MR) is 86.0 cm³/mol. The summed E-state index contributed by atoms with van der Waals surface area (Å²) in [6.07, 6.45) is 0. The highest BCUT2D eigenvalue weighted by atomic mass is 32.2. The highest BCUT2D eigenvalue weighted by Gasteiger charge is 2.21. The molecule has 0 aliphatic heterocycles. The lowest BCUT2D eigenvalue weighted by Crippen LogP contribution is -2.12. The fourth-order valence-electron chi connectivity index (χ4n) is 2.11. The zero-order chi connectivity index (χ0) is 15.0. The summed E-state index contributed by atoms with van der Waals surface area (Å²) in [4.78, 5) is 3.95. The molecule has 0 bridgehead atoms. The van der Waals surface area contributed by atoms with Gasteiger partial charge in [0.05, 0.1) is 5.69 Å². The van der Waals surface area contributed by atoms with E-state index < -0.39 is 10.0 Å². The first-order valence-electron chi connectivity index (χ1n) is 6.20. The topological polar surface area (TPSA) is 85.1 Å². The van der Waals surface area contributed by atoms with Gasteiger partial charge in [0.15, 0.2) is 9.34 Å². The minimum atomic E-state index is -3.67. The molecular weight excluding hydrogens is 306 g/mol. The second kappa shape index (κ2) is 5.01. The molecule has 0 unspecified atom stereocenters. The molecule has 0 saturated carbocycles. The minimum absolute atomic E-state index is 0.146. The van der Waals surface area contributed by atoms with Crippen LogP contribution in [0.5, 0.6) is 0 Å². The number of rotatable bonds is 3. The number of hydrogen-bond donors (Lipinski definition) is 2. The minimum Gasteiger partial charge on any atom is -0.375 e. The molecule has 3 rings (SSSR count). The molecule has 3 N–H and O–H groups in total. The van der Waals surface area contributed by atoms with E-state index in [0.29, 0.717) is 11.4 Å². The number of nitrogens with zero attached hydrogens (tertiary/aromatic N) is 1. The predicted octanol–water partition coefficient (Wildman–Crippen LogP) is 2.99. The Morgan fingerprint density at radius 2 is 1.86 bits per heavy atom. The second-order valence-electron chi connectivity index (χ2n) is 4.59. The molecule has 0 amide bonds. The highest BCUT2D eigenvalue weighted by molar-refractivity contribution is 7.94. The number of thiazole rings is 1. The summed E-state index contributed by atoms with van der Waals surface area (Å²) >= 11 is 0.960. The van der Waals surface area contributed by atoms with Gasteiger partial charge in [-0.25, -0.2) is 13.4 Å². The fraction of sp³-hybridized carbons (Fsp3) is 0.0714. The van der Waals surface area contributed by atoms with Crippen molar-refractivity contribution in [3.63, 3.8) is 0 Å². The molecule has 3 aromatic rings. The van der Waals surface area contributed by atoms with Crippen LogP contribution in [0.4, 0.5) is 10.8 Å². The molecule has 1 aromatic heterocycles. The van der Waals surface area contributed by atoms with Gasteiger partial charge in [-0.3, -0.25) is 4.72 Å². The molecule has 0 radical (unpaired) electrons. The van der Waals surface area contributed by atoms with Crippen molar-refractivity contribution in [3.8, 4) is 0 Å². The van der Waals surface area contributed by atoms with E-state index in [1.807, 2.05) is 30.3 Å². The van der Waals surface area contributed by atoms with Crippen LogP contribution in [0.2, 0.25) is 0 Å². The first kappa shape index (κ1) is 13.8. The van der Waals surface area contributed by atoms with Gasteiger partial charge in [-0.05, 0) is 29.8 Å². The highest BCUT2D eigenvalue weighted by Crippen LogP contribution is 2.28. The zero-order valence-corrected chi connectivity index (χ0v) is 12.8. The Labute approximate surface area is 126 Å². The first-order valence-corrected chi connectivity index (χ1v) is 8.50. The average Bonchev–Trinajstić information content (AvgIpc) is 2.78. The maximum Gasteiger partial charge on any atom is 0.273 e. The van der Waals surface area contributed by atoms with Gasteiger partial charge in [0, 0.05) is 5.69 Å². The van der Waals surface area contributed by atoms with Crippen LogP contribution < -0.4 is 10.5 Å². The molecule has 0 spiro atoms. The van der Waals surface area contributed by atoms with Crippen molar-refractivity contribution in [1.29, 1.82) is 0 Å². The Balaban J connectivity index is 1.99. The lowest BCUT2D eigenvalue weighted by Gasteiger charge is -2.07. The number of aromatic nitrogens is 1. The van der Waals surface area contributed by atoms with Crippen molar-refractivity contribution in [2.75, 3.05) is 10.5 Å². The maximum absolute atomic E-state index is 12.4. The van der Waals surface area contributed by atoms with Crippen LogP contribution in [-0.4, -0.2) is 13.4 Å². The molecular formula is C14H13N3O2S2. The number of sulfonamides is 1. The Morgan fingerprint density at radius 1 is 1.14 bits per heavy atom. The Hall–Kier alpha value is -2.12. The summed E-state index contributed by atoms with van der Waals surface area (Å²) in [6.45, 7) is 1.63. The summed E-state index contributed by atoms with van der Waals surface area (Å²) in [6, 6.07) is 13.2.